The van der Waals surface area contributed by atoms with E-state index in [0.717, 1.165) is 25.7 Å². The molecule has 1 rings (SSSR count). The molecule has 16 heavy (non-hydrogen) atoms. The van der Waals surface area contributed by atoms with Crippen LogP contribution in [0.5, 0.6) is 0 Å². The summed E-state index contributed by atoms with van der Waals surface area (Å²) in [5.74, 6) is 0.182. The Morgan fingerprint density at radius 1 is 1.38 bits per heavy atom. The van der Waals surface area contributed by atoms with Gasteiger partial charge in [0.15, 0.2) is 0 Å². The van der Waals surface area contributed by atoms with Crippen LogP contribution in [0.25, 0.3) is 0 Å². The molecule has 1 saturated carbocycles. The van der Waals surface area contributed by atoms with Gasteiger partial charge in [-0.3, -0.25) is 0 Å². The topological polar surface area (TPSA) is 58.6 Å². The van der Waals surface area contributed by atoms with Gasteiger partial charge in [-0.15, -0.1) is 0 Å². The summed E-state index contributed by atoms with van der Waals surface area (Å²) in [4.78, 5) is 11.4. The fraction of sp³-hybridized carbons (Fsp3) is 0.917. The van der Waals surface area contributed by atoms with Crippen LogP contribution in [0.3, 0.4) is 0 Å². The summed E-state index contributed by atoms with van der Waals surface area (Å²) in [7, 11) is 0. The van der Waals surface area contributed by atoms with Crippen molar-refractivity contribution in [2.45, 2.75) is 58.2 Å². The monoisotopic (exact) mass is 229 g/mol. The van der Waals surface area contributed by atoms with Crippen LogP contribution in [-0.4, -0.2) is 29.4 Å². The molecular weight excluding hydrogens is 206 g/mol. The number of ether oxygens (including phenoxy) is 1. The second-order valence-corrected chi connectivity index (χ2v) is 5.49. The van der Waals surface area contributed by atoms with E-state index in [1.165, 1.54) is 0 Å². The highest BCUT2D eigenvalue weighted by molar-refractivity contribution is 5.67. The Morgan fingerprint density at radius 2 is 2.00 bits per heavy atom. The van der Waals surface area contributed by atoms with Crippen molar-refractivity contribution in [3.05, 3.63) is 0 Å². The lowest BCUT2D eigenvalue weighted by atomic mass is 9.86. The van der Waals surface area contributed by atoms with E-state index in [9.17, 15) is 9.90 Å². The van der Waals surface area contributed by atoms with Crippen LogP contribution < -0.4 is 5.32 Å². The van der Waals surface area contributed by atoms with Gasteiger partial charge in [0.2, 0.25) is 0 Å². The number of aliphatic hydroxyl groups is 1. The minimum Gasteiger partial charge on any atom is -0.444 e. The Morgan fingerprint density at radius 3 is 2.56 bits per heavy atom. The first-order valence-corrected chi connectivity index (χ1v) is 6.03. The highest BCUT2D eigenvalue weighted by atomic mass is 16.6. The van der Waals surface area contributed by atoms with Crippen LogP contribution in [0.2, 0.25) is 0 Å². The number of carbonyl (C=O) groups is 1. The molecule has 0 aromatic carbocycles. The maximum absolute atomic E-state index is 11.4. The number of amides is 1. The van der Waals surface area contributed by atoms with E-state index in [1.807, 2.05) is 20.8 Å². The lowest BCUT2D eigenvalue weighted by Gasteiger charge is -2.28. The summed E-state index contributed by atoms with van der Waals surface area (Å²) in [5, 5.41) is 12.4. The minimum atomic E-state index is -0.463. The van der Waals surface area contributed by atoms with Gasteiger partial charge in [0, 0.05) is 12.5 Å². The fourth-order valence-electron chi connectivity index (χ4n) is 1.95. The van der Waals surface area contributed by atoms with E-state index in [2.05, 4.69) is 5.32 Å². The van der Waals surface area contributed by atoms with Gasteiger partial charge in [-0.1, -0.05) is 12.8 Å². The van der Waals surface area contributed by atoms with E-state index >= 15 is 0 Å². The second kappa shape index (κ2) is 5.53. The van der Waals surface area contributed by atoms with Crippen molar-refractivity contribution in [3.63, 3.8) is 0 Å². The predicted octanol–water partition coefficient (Wildman–Crippen LogP) is 2.06. The third kappa shape index (κ3) is 4.84. The Hall–Kier alpha value is -0.770. The van der Waals surface area contributed by atoms with Gasteiger partial charge in [0.05, 0.1) is 6.10 Å². The second-order valence-electron chi connectivity index (χ2n) is 5.49. The van der Waals surface area contributed by atoms with Crippen molar-refractivity contribution >= 4 is 6.09 Å². The zero-order valence-electron chi connectivity index (χ0n) is 10.5. The molecule has 2 unspecified atom stereocenters. The van der Waals surface area contributed by atoms with Crippen LogP contribution in [-0.2, 0) is 4.74 Å². The molecule has 4 heteroatoms. The van der Waals surface area contributed by atoms with E-state index in [1.54, 1.807) is 0 Å². The molecule has 0 aliphatic heterocycles. The van der Waals surface area contributed by atoms with Crippen LogP contribution >= 0.6 is 0 Å². The maximum Gasteiger partial charge on any atom is 0.407 e. The fourth-order valence-corrected chi connectivity index (χ4v) is 1.95. The average molecular weight is 229 g/mol. The number of carbonyl (C=O) groups excluding carboxylic acids is 1. The normalized spacial score (nSPS) is 26.2. The largest absolute Gasteiger partial charge is 0.444 e. The standard InChI is InChI=1S/C12H23NO3/c1-12(2,3)16-11(15)13-8-9-6-4-5-7-10(9)14/h9-10,14H,4-8H2,1-3H3,(H,13,15). The van der Waals surface area contributed by atoms with E-state index in [4.69, 9.17) is 4.74 Å². The van der Waals surface area contributed by atoms with Crippen molar-refractivity contribution in [1.29, 1.82) is 0 Å². The number of alkyl carbamates (subject to hydrolysis) is 1. The van der Waals surface area contributed by atoms with Gasteiger partial charge >= 0.3 is 6.09 Å². The summed E-state index contributed by atoms with van der Waals surface area (Å²) in [6, 6.07) is 0. The molecule has 0 spiro atoms. The summed E-state index contributed by atoms with van der Waals surface area (Å²) >= 11 is 0. The first-order chi connectivity index (χ1) is 7.38. The molecule has 2 N–H and O–H groups in total. The van der Waals surface area contributed by atoms with Crippen molar-refractivity contribution in [3.8, 4) is 0 Å². The average Bonchev–Trinajstić information content (AvgIpc) is 2.14. The molecular formula is C12H23NO3. The maximum atomic E-state index is 11.4. The van der Waals surface area contributed by atoms with Crippen molar-refractivity contribution < 1.29 is 14.6 Å². The van der Waals surface area contributed by atoms with Gasteiger partial charge < -0.3 is 15.2 Å². The summed E-state index contributed by atoms with van der Waals surface area (Å²) in [6.45, 7) is 6.02. The first kappa shape index (κ1) is 13.3. The molecule has 0 bridgehead atoms. The van der Waals surface area contributed by atoms with Gasteiger partial charge in [0.1, 0.15) is 5.60 Å². The Kier molecular flexibility index (Phi) is 4.59. The predicted molar refractivity (Wildman–Crippen MR) is 62.2 cm³/mol. The first-order valence-electron chi connectivity index (χ1n) is 6.03. The zero-order chi connectivity index (χ0) is 12.2. The quantitative estimate of drug-likeness (QED) is 0.762. The summed E-state index contributed by atoms with van der Waals surface area (Å²) < 4.78 is 5.13. The molecule has 1 amide bonds. The molecule has 4 nitrogen and oxygen atoms in total. The molecule has 0 aromatic rings. The molecule has 94 valence electrons. The molecule has 0 saturated heterocycles. The Balaban J connectivity index is 2.25. The third-order valence-corrected chi connectivity index (χ3v) is 2.78. The van der Waals surface area contributed by atoms with Gasteiger partial charge in [-0.25, -0.2) is 4.79 Å². The molecule has 0 heterocycles. The van der Waals surface area contributed by atoms with Crippen LogP contribution in [0, 0.1) is 5.92 Å². The number of aliphatic hydroxyl groups excluding tert-OH is 1. The number of nitrogens with one attached hydrogen (secondary N) is 1. The van der Waals surface area contributed by atoms with Crippen molar-refractivity contribution in [1.82, 2.24) is 5.32 Å². The van der Waals surface area contributed by atoms with Gasteiger partial charge in [-0.2, -0.15) is 0 Å². The Labute approximate surface area is 97.4 Å². The van der Waals surface area contributed by atoms with Crippen LogP contribution in [0.4, 0.5) is 4.79 Å². The van der Waals surface area contributed by atoms with Gasteiger partial charge in [0.25, 0.3) is 0 Å². The van der Waals surface area contributed by atoms with Gasteiger partial charge in [-0.05, 0) is 33.6 Å². The SMILES string of the molecule is CC(C)(C)OC(=O)NCC1CCCCC1O. The summed E-state index contributed by atoms with van der Waals surface area (Å²) in [5.41, 5.74) is -0.463. The number of hydrogen-bond donors (Lipinski definition) is 2. The lowest BCUT2D eigenvalue weighted by Crippen LogP contribution is -2.39. The van der Waals surface area contributed by atoms with Crippen LogP contribution in [0.1, 0.15) is 46.5 Å². The Bertz CT molecular complexity index is 235. The minimum absolute atomic E-state index is 0.182. The van der Waals surface area contributed by atoms with E-state index in [-0.39, 0.29) is 12.0 Å². The molecule has 1 aliphatic carbocycles. The third-order valence-electron chi connectivity index (χ3n) is 2.78. The van der Waals surface area contributed by atoms with E-state index < -0.39 is 11.7 Å². The van der Waals surface area contributed by atoms with Crippen molar-refractivity contribution in [2.24, 2.45) is 5.92 Å². The molecule has 1 fully saturated rings. The van der Waals surface area contributed by atoms with E-state index in [0.29, 0.717) is 6.54 Å². The highest BCUT2D eigenvalue weighted by Gasteiger charge is 2.24. The summed E-state index contributed by atoms with van der Waals surface area (Å²) in [6.07, 6.45) is 3.38. The molecule has 0 radical (unpaired) electrons. The zero-order valence-corrected chi connectivity index (χ0v) is 10.5. The van der Waals surface area contributed by atoms with Crippen LogP contribution in [0.15, 0.2) is 0 Å². The molecule has 1 aliphatic rings. The molecule has 0 aromatic heterocycles. The molecule has 2 atom stereocenters. The highest BCUT2D eigenvalue weighted by Crippen LogP contribution is 2.23. The number of rotatable bonds is 2. The lowest BCUT2D eigenvalue weighted by molar-refractivity contribution is 0.0434. The number of hydrogen-bond acceptors (Lipinski definition) is 3. The van der Waals surface area contributed by atoms with Crippen molar-refractivity contribution in [2.75, 3.05) is 6.54 Å². The smallest absolute Gasteiger partial charge is 0.407 e.